The Balaban J connectivity index is 1.77. The second-order valence-electron chi connectivity index (χ2n) is 4.11. The number of anilines is 1. The van der Waals surface area contributed by atoms with Crippen molar-refractivity contribution in [3.05, 3.63) is 51.2 Å². The van der Waals surface area contributed by atoms with Gasteiger partial charge in [0.25, 0.3) is 5.69 Å². The standard InChI is InChI=1S/C12H12BrN5O2S/c13-9-7-15-17(8-9)6-5-14-12(21)16-10-1-3-11(4-2-10)18(19)20/h1-4,7-8H,5-6H2,(H2,14,16,21). The van der Waals surface area contributed by atoms with Crippen LogP contribution in [0.25, 0.3) is 0 Å². The smallest absolute Gasteiger partial charge is 0.269 e. The molecule has 2 aromatic rings. The summed E-state index contributed by atoms with van der Waals surface area (Å²) in [5.74, 6) is 0. The zero-order valence-electron chi connectivity index (χ0n) is 10.8. The van der Waals surface area contributed by atoms with Gasteiger partial charge in [0, 0.05) is 30.6 Å². The third-order valence-corrected chi connectivity index (χ3v) is 3.22. The van der Waals surface area contributed by atoms with E-state index >= 15 is 0 Å². The van der Waals surface area contributed by atoms with Crippen molar-refractivity contribution in [1.82, 2.24) is 15.1 Å². The summed E-state index contributed by atoms with van der Waals surface area (Å²) in [6.45, 7) is 1.29. The topological polar surface area (TPSA) is 85.0 Å². The maximum absolute atomic E-state index is 10.5. The Morgan fingerprint density at radius 1 is 1.43 bits per heavy atom. The van der Waals surface area contributed by atoms with E-state index < -0.39 is 4.92 Å². The van der Waals surface area contributed by atoms with Crippen molar-refractivity contribution in [2.24, 2.45) is 0 Å². The van der Waals surface area contributed by atoms with Gasteiger partial charge in [0.05, 0.1) is 22.1 Å². The third kappa shape index (κ3) is 4.80. The predicted molar refractivity (Wildman–Crippen MR) is 87.2 cm³/mol. The second-order valence-corrected chi connectivity index (χ2v) is 5.43. The number of nitrogens with zero attached hydrogens (tertiary/aromatic N) is 3. The molecule has 0 aliphatic heterocycles. The van der Waals surface area contributed by atoms with Gasteiger partial charge in [0.15, 0.2) is 5.11 Å². The van der Waals surface area contributed by atoms with Crippen LogP contribution < -0.4 is 10.6 Å². The Bertz CT molecular complexity index is 643. The molecule has 1 aromatic heterocycles. The monoisotopic (exact) mass is 369 g/mol. The van der Waals surface area contributed by atoms with E-state index in [-0.39, 0.29) is 5.69 Å². The van der Waals surface area contributed by atoms with Crippen molar-refractivity contribution in [2.45, 2.75) is 6.54 Å². The fraction of sp³-hybridized carbons (Fsp3) is 0.167. The number of halogens is 1. The molecule has 0 atom stereocenters. The zero-order chi connectivity index (χ0) is 15.2. The molecule has 110 valence electrons. The van der Waals surface area contributed by atoms with E-state index in [0.717, 1.165) is 4.47 Å². The second kappa shape index (κ2) is 7.14. The van der Waals surface area contributed by atoms with Gasteiger partial charge in [0.1, 0.15) is 0 Å². The van der Waals surface area contributed by atoms with Crippen molar-refractivity contribution in [2.75, 3.05) is 11.9 Å². The van der Waals surface area contributed by atoms with Crippen LogP contribution in [0.4, 0.5) is 11.4 Å². The SMILES string of the molecule is O=[N+]([O-])c1ccc(NC(=S)NCCn2cc(Br)cn2)cc1. The van der Waals surface area contributed by atoms with Crippen molar-refractivity contribution in [1.29, 1.82) is 0 Å². The van der Waals surface area contributed by atoms with Crippen LogP contribution in [0.1, 0.15) is 0 Å². The first-order valence-electron chi connectivity index (χ1n) is 6.02. The molecule has 9 heteroatoms. The molecule has 2 N–H and O–H groups in total. The quantitative estimate of drug-likeness (QED) is 0.478. The van der Waals surface area contributed by atoms with Crippen LogP contribution in [0.2, 0.25) is 0 Å². The highest BCUT2D eigenvalue weighted by Gasteiger charge is 2.04. The van der Waals surface area contributed by atoms with Gasteiger partial charge in [-0.3, -0.25) is 14.8 Å². The van der Waals surface area contributed by atoms with Crippen LogP contribution in [0.5, 0.6) is 0 Å². The summed E-state index contributed by atoms with van der Waals surface area (Å²) in [5.41, 5.74) is 0.739. The zero-order valence-corrected chi connectivity index (χ0v) is 13.2. The lowest BCUT2D eigenvalue weighted by atomic mass is 10.3. The Hall–Kier alpha value is -2.00. The highest BCUT2D eigenvalue weighted by Crippen LogP contribution is 2.15. The van der Waals surface area contributed by atoms with E-state index in [2.05, 4.69) is 31.7 Å². The summed E-state index contributed by atoms with van der Waals surface area (Å²) in [7, 11) is 0. The number of rotatable bonds is 5. The van der Waals surface area contributed by atoms with E-state index in [9.17, 15) is 10.1 Å². The number of hydrogen-bond donors (Lipinski definition) is 2. The highest BCUT2D eigenvalue weighted by molar-refractivity contribution is 9.10. The van der Waals surface area contributed by atoms with Crippen molar-refractivity contribution >= 4 is 44.6 Å². The van der Waals surface area contributed by atoms with Crippen LogP contribution in [0.3, 0.4) is 0 Å². The Labute approximate surface area is 134 Å². The minimum atomic E-state index is -0.442. The molecule has 0 spiro atoms. The third-order valence-electron chi connectivity index (χ3n) is 2.56. The molecule has 0 amide bonds. The molecule has 0 radical (unpaired) electrons. The van der Waals surface area contributed by atoms with Crippen LogP contribution in [-0.2, 0) is 6.54 Å². The number of hydrogen-bond acceptors (Lipinski definition) is 4. The molecule has 7 nitrogen and oxygen atoms in total. The lowest BCUT2D eigenvalue weighted by Crippen LogP contribution is -2.31. The first-order chi connectivity index (χ1) is 10.0. The summed E-state index contributed by atoms with van der Waals surface area (Å²) in [6.07, 6.45) is 3.59. The molecule has 0 aliphatic rings. The predicted octanol–water partition coefficient (Wildman–Crippen LogP) is 2.54. The number of nitrogens with one attached hydrogen (secondary N) is 2. The van der Waals surface area contributed by atoms with E-state index in [1.165, 1.54) is 12.1 Å². The van der Waals surface area contributed by atoms with Gasteiger partial charge >= 0.3 is 0 Å². The fourth-order valence-electron chi connectivity index (χ4n) is 1.59. The van der Waals surface area contributed by atoms with Gasteiger partial charge in [-0.15, -0.1) is 0 Å². The average molecular weight is 370 g/mol. The summed E-state index contributed by atoms with van der Waals surface area (Å²) < 4.78 is 2.71. The number of aromatic nitrogens is 2. The number of thiocarbonyl (C=S) groups is 1. The maximum Gasteiger partial charge on any atom is 0.269 e. The molecule has 0 saturated heterocycles. The van der Waals surface area contributed by atoms with Gasteiger partial charge in [-0.25, -0.2) is 0 Å². The summed E-state index contributed by atoms with van der Waals surface area (Å²) in [6, 6.07) is 6.06. The largest absolute Gasteiger partial charge is 0.361 e. The van der Waals surface area contributed by atoms with Crippen LogP contribution >= 0.6 is 28.1 Å². The van der Waals surface area contributed by atoms with E-state index in [1.807, 2.05) is 6.20 Å². The lowest BCUT2D eigenvalue weighted by molar-refractivity contribution is -0.384. The van der Waals surface area contributed by atoms with Gasteiger partial charge < -0.3 is 10.6 Å². The minimum Gasteiger partial charge on any atom is -0.361 e. The fourth-order valence-corrected chi connectivity index (χ4v) is 2.13. The molecule has 0 bridgehead atoms. The molecule has 2 rings (SSSR count). The number of nitro groups is 1. The van der Waals surface area contributed by atoms with Crippen LogP contribution in [-0.4, -0.2) is 26.4 Å². The van der Waals surface area contributed by atoms with Crippen molar-refractivity contribution < 1.29 is 4.92 Å². The first kappa shape index (κ1) is 15.4. The van der Waals surface area contributed by atoms with E-state index in [4.69, 9.17) is 12.2 Å². The molecule has 1 heterocycles. The van der Waals surface area contributed by atoms with Gasteiger partial charge in [-0.2, -0.15) is 5.10 Å². The van der Waals surface area contributed by atoms with Gasteiger partial charge in [-0.1, -0.05) is 0 Å². The van der Waals surface area contributed by atoms with Crippen LogP contribution in [0.15, 0.2) is 41.1 Å². The van der Waals surface area contributed by atoms with Gasteiger partial charge in [0.2, 0.25) is 0 Å². The normalized spacial score (nSPS) is 10.1. The highest BCUT2D eigenvalue weighted by atomic mass is 79.9. The summed E-state index contributed by atoms with van der Waals surface area (Å²) in [4.78, 5) is 10.1. The Morgan fingerprint density at radius 2 is 2.14 bits per heavy atom. The van der Waals surface area contributed by atoms with E-state index in [0.29, 0.717) is 23.9 Å². The average Bonchev–Trinajstić information content (AvgIpc) is 2.85. The van der Waals surface area contributed by atoms with Gasteiger partial charge in [-0.05, 0) is 40.3 Å². The molecule has 21 heavy (non-hydrogen) atoms. The molecule has 0 saturated carbocycles. The number of nitro benzene ring substituents is 1. The minimum absolute atomic E-state index is 0.0451. The summed E-state index contributed by atoms with van der Waals surface area (Å²) >= 11 is 8.47. The molecular weight excluding hydrogens is 358 g/mol. The van der Waals surface area contributed by atoms with E-state index in [1.54, 1.807) is 23.0 Å². The molecule has 1 aromatic carbocycles. The maximum atomic E-state index is 10.5. The molecular formula is C12H12BrN5O2S. The Kier molecular flexibility index (Phi) is 5.23. The molecule has 0 unspecified atom stereocenters. The Morgan fingerprint density at radius 3 is 2.71 bits per heavy atom. The van der Waals surface area contributed by atoms with Crippen molar-refractivity contribution in [3.8, 4) is 0 Å². The van der Waals surface area contributed by atoms with Crippen molar-refractivity contribution in [3.63, 3.8) is 0 Å². The molecule has 0 aliphatic carbocycles. The first-order valence-corrected chi connectivity index (χ1v) is 7.22. The molecule has 0 fully saturated rings. The summed E-state index contributed by atoms with van der Waals surface area (Å²) in [5, 5.41) is 21.1. The number of benzene rings is 1. The van der Waals surface area contributed by atoms with Crippen LogP contribution in [0, 0.1) is 10.1 Å². The number of non-ortho nitro benzene ring substituents is 1. The lowest BCUT2D eigenvalue weighted by Gasteiger charge is -2.10.